The van der Waals surface area contributed by atoms with Crippen LogP contribution >= 0.6 is 7.82 Å². The summed E-state index contributed by atoms with van der Waals surface area (Å²) in [4.78, 5) is 34.9. The molecule has 0 aliphatic carbocycles. The number of hydrogen-bond donors (Lipinski definition) is 1. The number of nitrogens with zero attached hydrogens (tertiary/aromatic N) is 3. The molecule has 14 heteroatoms. The number of phosphoric acid groups is 1. The average molecular weight is 521 g/mol. The summed E-state index contributed by atoms with van der Waals surface area (Å²) < 4.78 is 35.4. The van der Waals surface area contributed by atoms with E-state index in [1.165, 1.54) is 0 Å². The Morgan fingerprint density at radius 3 is 2.06 bits per heavy atom. The van der Waals surface area contributed by atoms with Gasteiger partial charge in [-0.2, -0.15) is 0 Å². The lowest BCUT2D eigenvalue weighted by Gasteiger charge is -2.30. The molecule has 0 saturated heterocycles. The molecule has 13 nitrogen and oxygen atoms in total. The van der Waals surface area contributed by atoms with Crippen molar-refractivity contribution in [3.8, 4) is 0 Å². The maximum absolute atomic E-state index is 13.2. The first-order chi connectivity index (χ1) is 15.7. The van der Waals surface area contributed by atoms with E-state index in [1.807, 2.05) is 0 Å². The SMILES string of the molecule is CC(C)(C)OC(=O)NCCCC(=O)c1cc([N+](=O)[O-])n(COP(=O)(OC(C)(C)C)OC(C)(C)C)n1. The summed E-state index contributed by atoms with van der Waals surface area (Å²) in [6.45, 7) is 14.6. The van der Waals surface area contributed by atoms with Gasteiger partial charge in [-0.1, -0.05) is 5.10 Å². The lowest BCUT2D eigenvalue weighted by molar-refractivity contribution is -0.393. The highest BCUT2D eigenvalue weighted by Crippen LogP contribution is 2.55. The Bertz CT molecular complexity index is 935. The van der Waals surface area contributed by atoms with Gasteiger partial charge in [-0.05, 0) is 73.7 Å². The van der Waals surface area contributed by atoms with Crippen LogP contribution in [-0.2, 0) is 29.6 Å². The third kappa shape index (κ3) is 12.3. The Labute approximate surface area is 205 Å². The largest absolute Gasteiger partial charge is 0.479 e. The predicted octanol–water partition coefficient (Wildman–Crippen LogP) is 4.99. The van der Waals surface area contributed by atoms with Gasteiger partial charge in [0.2, 0.25) is 6.73 Å². The molecule has 0 aliphatic heterocycles. The second-order valence-corrected chi connectivity index (χ2v) is 12.2. The van der Waals surface area contributed by atoms with Gasteiger partial charge in [-0.25, -0.2) is 13.9 Å². The van der Waals surface area contributed by atoms with Crippen molar-refractivity contribution in [1.29, 1.82) is 0 Å². The van der Waals surface area contributed by atoms with Crippen molar-refractivity contribution in [2.24, 2.45) is 0 Å². The normalized spacial score (nSPS) is 12.9. The van der Waals surface area contributed by atoms with Crippen molar-refractivity contribution in [2.45, 2.75) is 98.7 Å². The number of carbonyl (C=O) groups excluding carboxylic acids is 2. The number of ketones is 1. The second-order valence-electron chi connectivity index (χ2n) is 10.7. The highest BCUT2D eigenvalue weighted by Gasteiger charge is 2.38. The van der Waals surface area contributed by atoms with Gasteiger partial charge >= 0.3 is 19.7 Å². The van der Waals surface area contributed by atoms with Gasteiger partial charge < -0.3 is 20.2 Å². The minimum absolute atomic E-state index is 0.0242. The van der Waals surface area contributed by atoms with Crippen molar-refractivity contribution in [2.75, 3.05) is 6.54 Å². The van der Waals surface area contributed by atoms with Crippen LogP contribution in [0.1, 0.15) is 85.6 Å². The number of ether oxygens (including phenoxy) is 1. The van der Waals surface area contributed by atoms with E-state index in [4.69, 9.17) is 18.3 Å². The van der Waals surface area contributed by atoms with E-state index in [1.54, 1.807) is 62.3 Å². The number of carbonyl (C=O) groups is 2. The second kappa shape index (κ2) is 11.6. The Morgan fingerprint density at radius 2 is 1.60 bits per heavy atom. The molecule has 0 aromatic carbocycles. The van der Waals surface area contributed by atoms with Crippen LogP contribution < -0.4 is 5.32 Å². The Hall–Kier alpha value is -2.34. The monoisotopic (exact) mass is 520 g/mol. The summed E-state index contributed by atoms with van der Waals surface area (Å²) in [5.41, 5.74) is -2.61. The van der Waals surface area contributed by atoms with Crippen LogP contribution in [-0.4, -0.2) is 49.9 Å². The van der Waals surface area contributed by atoms with Gasteiger partial charge in [0.1, 0.15) is 5.60 Å². The Morgan fingerprint density at radius 1 is 1.06 bits per heavy atom. The molecular weight excluding hydrogens is 483 g/mol. The fourth-order valence-corrected chi connectivity index (χ4v) is 4.27. The molecule has 0 spiro atoms. The summed E-state index contributed by atoms with van der Waals surface area (Å²) in [7, 11) is -4.16. The molecule has 1 heterocycles. The number of alkyl carbamates (subject to hydrolysis) is 1. The average Bonchev–Trinajstić information content (AvgIpc) is 3.03. The van der Waals surface area contributed by atoms with Gasteiger partial charge in [-0.3, -0.25) is 13.8 Å². The van der Waals surface area contributed by atoms with Crippen molar-refractivity contribution in [3.05, 3.63) is 21.9 Å². The minimum Gasteiger partial charge on any atom is -0.444 e. The maximum Gasteiger partial charge on any atom is 0.479 e. The highest BCUT2D eigenvalue weighted by molar-refractivity contribution is 7.48. The first-order valence-corrected chi connectivity index (χ1v) is 12.5. The zero-order valence-electron chi connectivity index (χ0n) is 21.9. The molecule has 1 aromatic rings. The van der Waals surface area contributed by atoms with Gasteiger partial charge in [0.15, 0.2) is 11.5 Å². The van der Waals surface area contributed by atoms with Crippen molar-refractivity contribution < 1.29 is 37.4 Å². The van der Waals surface area contributed by atoms with E-state index in [9.17, 15) is 24.3 Å². The molecule has 0 radical (unpaired) electrons. The molecule has 0 bridgehead atoms. The third-order valence-corrected chi connectivity index (χ3v) is 5.56. The van der Waals surface area contributed by atoms with Crippen LogP contribution in [0, 0.1) is 10.1 Å². The Kier molecular flexibility index (Phi) is 10.2. The van der Waals surface area contributed by atoms with Crippen molar-refractivity contribution in [1.82, 2.24) is 15.1 Å². The number of amides is 1. The lowest BCUT2D eigenvalue weighted by atomic mass is 10.1. The first kappa shape index (κ1) is 30.7. The molecule has 1 amide bonds. The number of nitrogens with one attached hydrogen (secondary N) is 1. The number of rotatable bonds is 11. The molecule has 200 valence electrons. The summed E-state index contributed by atoms with van der Waals surface area (Å²) in [6, 6.07) is 1.01. The zero-order valence-corrected chi connectivity index (χ0v) is 22.8. The molecule has 0 atom stereocenters. The summed E-state index contributed by atoms with van der Waals surface area (Å²) in [5.74, 6) is -1.00. The van der Waals surface area contributed by atoms with Crippen LogP contribution in [0.4, 0.5) is 10.6 Å². The smallest absolute Gasteiger partial charge is 0.444 e. The standard InChI is InChI=1S/C21H37N4O9P/c1-19(2,3)32-18(27)22-12-10-11-16(26)15-13-17(25(28)29)24(23-15)14-31-35(30,33-20(4,5)6)34-21(7,8)9/h13H,10-12,14H2,1-9H3,(H,22,27). The molecule has 0 fully saturated rings. The van der Waals surface area contributed by atoms with E-state index >= 15 is 0 Å². The van der Waals surface area contributed by atoms with Gasteiger partial charge in [0.25, 0.3) is 0 Å². The molecule has 0 saturated carbocycles. The minimum atomic E-state index is -4.16. The molecule has 1 rings (SSSR count). The number of hydrogen-bond acceptors (Lipinski definition) is 10. The van der Waals surface area contributed by atoms with E-state index in [0.717, 1.165) is 10.7 Å². The first-order valence-electron chi connectivity index (χ1n) is 11.1. The number of Topliss-reactive ketones (excluding diaryl/α,β-unsaturated/α-hetero) is 1. The fourth-order valence-electron chi connectivity index (χ4n) is 2.53. The van der Waals surface area contributed by atoms with Gasteiger partial charge in [-0.15, -0.1) is 4.68 Å². The summed E-state index contributed by atoms with van der Waals surface area (Å²) in [6.07, 6.45) is -0.367. The van der Waals surface area contributed by atoms with Crippen LogP contribution in [0.25, 0.3) is 0 Å². The quantitative estimate of drug-likeness (QED) is 0.138. The lowest BCUT2D eigenvalue weighted by Crippen LogP contribution is -2.33. The van der Waals surface area contributed by atoms with E-state index in [-0.39, 0.29) is 25.1 Å². The van der Waals surface area contributed by atoms with Gasteiger partial charge in [0, 0.05) is 13.0 Å². The molecule has 35 heavy (non-hydrogen) atoms. The third-order valence-electron chi connectivity index (χ3n) is 3.59. The molecule has 1 N–H and O–H groups in total. The highest BCUT2D eigenvalue weighted by atomic mass is 31.2. The number of phosphoric ester groups is 1. The molecular formula is C21H37N4O9P. The Balaban J connectivity index is 2.87. The number of aromatic nitrogens is 2. The van der Waals surface area contributed by atoms with E-state index < -0.39 is 54.0 Å². The molecule has 0 aliphatic rings. The maximum atomic E-state index is 13.2. The van der Waals surface area contributed by atoms with Gasteiger partial charge in [0.05, 0.1) is 17.3 Å². The van der Waals surface area contributed by atoms with E-state index in [2.05, 4.69) is 10.4 Å². The number of nitro groups is 1. The fraction of sp³-hybridized carbons (Fsp3) is 0.762. The zero-order chi connectivity index (χ0) is 27.2. The van der Waals surface area contributed by atoms with Crippen LogP contribution in [0.15, 0.2) is 6.07 Å². The van der Waals surface area contributed by atoms with E-state index in [0.29, 0.717) is 0 Å². The van der Waals surface area contributed by atoms with Crippen LogP contribution in [0.5, 0.6) is 0 Å². The van der Waals surface area contributed by atoms with Crippen LogP contribution in [0.3, 0.4) is 0 Å². The van der Waals surface area contributed by atoms with Crippen molar-refractivity contribution >= 4 is 25.5 Å². The molecule has 1 aromatic heterocycles. The van der Waals surface area contributed by atoms with Crippen LogP contribution in [0.2, 0.25) is 0 Å². The predicted molar refractivity (Wildman–Crippen MR) is 127 cm³/mol. The summed E-state index contributed by atoms with van der Waals surface area (Å²) in [5, 5.41) is 17.9. The topological polar surface area (TPSA) is 161 Å². The molecule has 0 unspecified atom stereocenters. The summed E-state index contributed by atoms with van der Waals surface area (Å²) >= 11 is 0. The van der Waals surface area contributed by atoms with Crippen molar-refractivity contribution in [3.63, 3.8) is 0 Å².